The molecule has 1 fully saturated rings. The molecule has 0 N–H and O–H groups in total. The Hall–Kier alpha value is -2.67. The highest BCUT2D eigenvalue weighted by atomic mass is 14.9. The summed E-state index contributed by atoms with van der Waals surface area (Å²) in [7, 11) is 2.19. The highest BCUT2D eigenvalue weighted by Crippen LogP contribution is 2.44. The number of fused-ring (bicyclic) bond motifs is 2. The molecule has 0 aliphatic heterocycles. The van der Waals surface area contributed by atoms with Crippen LogP contribution in [0.15, 0.2) is 60.7 Å². The van der Waals surface area contributed by atoms with E-state index in [9.17, 15) is 1.37 Å². The Morgan fingerprint density at radius 1 is 0.882 bits per heavy atom. The minimum atomic E-state index is -0.498. The van der Waals surface area contributed by atoms with Crippen molar-refractivity contribution < 1.29 is 5.94 Å². The van der Waals surface area contributed by atoms with Gasteiger partial charge >= 0.3 is 0 Å². The van der Waals surface area contributed by atoms with E-state index in [0.29, 0.717) is 5.41 Å². The van der Waals surface area contributed by atoms with Gasteiger partial charge in [0.15, 0.2) is 0 Å². The van der Waals surface area contributed by atoms with Gasteiger partial charge in [-0.1, -0.05) is 71.0 Å². The molecule has 1 aromatic heterocycles. The van der Waals surface area contributed by atoms with Crippen molar-refractivity contribution in [3.05, 3.63) is 77.4 Å². The van der Waals surface area contributed by atoms with Crippen LogP contribution in [0.5, 0.6) is 0 Å². The van der Waals surface area contributed by atoms with Gasteiger partial charge in [-0.2, -0.15) is 4.57 Å². The van der Waals surface area contributed by atoms with Gasteiger partial charge in [-0.25, -0.2) is 0 Å². The largest absolute Gasteiger partial charge is 0.213 e. The van der Waals surface area contributed by atoms with Crippen LogP contribution in [0.25, 0.3) is 32.9 Å². The number of aromatic nitrogens is 1. The summed E-state index contributed by atoms with van der Waals surface area (Å²) in [5.74, 6) is -0.498. The molecule has 34 heavy (non-hydrogen) atoms. The smallest absolute Gasteiger partial charge is 0.194 e. The van der Waals surface area contributed by atoms with Gasteiger partial charge in [0.05, 0.1) is 0 Å². The minimum Gasteiger partial charge on any atom is -0.194 e. The average Bonchev–Trinajstić information content (AvgIpc) is 2.81. The summed E-state index contributed by atoms with van der Waals surface area (Å²) in [6, 6.07) is 22.4. The van der Waals surface area contributed by atoms with E-state index < -0.39 is 5.89 Å². The molecule has 0 amide bonds. The predicted octanol–water partition coefficient (Wildman–Crippen LogP) is 8.77. The lowest BCUT2D eigenvalue weighted by atomic mass is 9.71. The van der Waals surface area contributed by atoms with Gasteiger partial charge in [-0.05, 0) is 88.9 Å². The number of aryl methyl sites for hydroxylation is 2. The Morgan fingerprint density at radius 3 is 2.24 bits per heavy atom. The molecule has 5 rings (SSSR count). The molecule has 1 heteroatoms. The summed E-state index contributed by atoms with van der Waals surface area (Å²) < 4.78 is 11.8. The van der Waals surface area contributed by atoms with Gasteiger partial charge < -0.3 is 0 Å². The van der Waals surface area contributed by atoms with E-state index >= 15 is 0 Å². The van der Waals surface area contributed by atoms with Crippen molar-refractivity contribution >= 4 is 21.7 Å². The van der Waals surface area contributed by atoms with Crippen LogP contribution in [0, 0.1) is 12.3 Å². The van der Waals surface area contributed by atoms with Gasteiger partial charge in [-0.15, -0.1) is 0 Å². The first-order valence-corrected chi connectivity index (χ1v) is 12.9. The van der Waals surface area contributed by atoms with E-state index in [4.69, 9.17) is 0 Å². The second-order valence-corrected chi connectivity index (χ2v) is 12.2. The fourth-order valence-electron chi connectivity index (χ4n) is 5.91. The molecule has 1 nitrogen and oxygen atoms in total. The van der Waals surface area contributed by atoms with E-state index in [1.54, 1.807) is 0 Å². The maximum Gasteiger partial charge on any atom is 0.213 e. The van der Waals surface area contributed by atoms with Crippen LogP contribution in [0.2, 0.25) is 0 Å². The molecule has 3 aromatic carbocycles. The zero-order chi connectivity index (χ0) is 25.2. The molecule has 0 unspecified atom stereocenters. The van der Waals surface area contributed by atoms with Crippen molar-refractivity contribution in [3.63, 3.8) is 0 Å². The molecule has 0 radical (unpaired) electrons. The number of nitrogens with zero attached hydrogens (tertiary/aromatic N) is 1. The first kappa shape index (κ1) is 21.8. The van der Waals surface area contributed by atoms with Crippen molar-refractivity contribution in [2.75, 3.05) is 0 Å². The van der Waals surface area contributed by atoms with Crippen LogP contribution < -0.4 is 4.57 Å². The average molecular weight is 452 g/mol. The van der Waals surface area contributed by atoms with E-state index in [2.05, 4.69) is 114 Å². The molecule has 176 valence electrons. The predicted molar refractivity (Wildman–Crippen MR) is 146 cm³/mol. The molecule has 0 saturated heterocycles. The van der Waals surface area contributed by atoms with Gasteiger partial charge in [0.1, 0.15) is 7.05 Å². The van der Waals surface area contributed by atoms with E-state index in [0.717, 1.165) is 25.7 Å². The maximum atomic E-state index is 9.42. The summed E-state index contributed by atoms with van der Waals surface area (Å²) in [6.07, 6.45) is 4.10. The highest BCUT2D eigenvalue weighted by molar-refractivity contribution is 5.94. The molecular weight excluding hydrogens is 410 g/mol. The summed E-state index contributed by atoms with van der Waals surface area (Å²) in [4.78, 5) is 0. The lowest BCUT2D eigenvalue weighted by molar-refractivity contribution is -0.633. The second kappa shape index (κ2) is 8.22. The molecule has 1 heterocycles. The van der Waals surface area contributed by atoms with Crippen LogP contribution in [0.3, 0.4) is 0 Å². The Bertz CT molecular complexity index is 1430. The topological polar surface area (TPSA) is 3.88 Å². The molecule has 0 spiro atoms. The third kappa shape index (κ3) is 3.94. The summed E-state index contributed by atoms with van der Waals surface area (Å²) in [6.45, 7) is 13.9. The molecule has 1 aliphatic carbocycles. The van der Waals surface area contributed by atoms with Gasteiger partial charge in [0.25, 0.3) is 0 Å². The number of hydrogen-bond donors (Lipinski definition) is 0. The number of hydrogen-bond acceptors (Lipinski definition) is 0. The molecule has 0 bridgehead atoms. The molecule has 1 aliphatic rings. The van der Waals surface area contributed by atoms with Crippen LogP contribution in [0.1, 0.15) is 84.3 Å². The maximum absolute atomic E-state index is 9.42. The fourth-order valence-corrected chi connectivity index (χ4v) is 5.91. The molecular formula is C33H40N+. The van der Waals surface area contributed by atoms with Crippen molar-refractivity contribution in [1.29, 1.82) is 0 Å². The Labute approximate surface area is 207 Å². The van der Waals surface area contributed by atoms with E-state index in [1.807, 2.05) is 0 Å². The Kier molecular flexibility index (Phi) is 5.28. The van der Waals surface area contributed by atoms with Crippen molar-refractivity contribution in [1.82, 2.24) is 0 Å². The van der Waals surface area contributed by atoms with Gasteiger partial charge in [0, 0.05) is 24.5 Å². The zero-order valence-corrected chi connectivity index (χ0v) is 22.0. The van der Waals surface area contributed by atoms with Crippen molar-refractivity contribution in [2.45, 2.75) is 78.5 Å². The minimum absolute atomic E-state index is 0.0526. The second-order valence-electron chi connectivity index (χ2n) is 12.2. The number of rotatable bonds is 2. The number of benzene rings is 3. The first-order chi connectivity index (χ1) is 16.4. The highest BCUT2D eigenvalue weighted by Gasteiger charge is 2.30. The quantitative estimate of drug-likeness (QED) is 0.268. The third-order valence-corrected chi connectivity index (χ3v) is 8.20. The van der Waals surface area contributed by atoms with Crippen molar-refractivity contribution in [2.24, 2.45) is 12.5 Å². The lowest BCUT2D eigenvalue weighted by Crippen LogP contribution is -2.32. The van der Waals surface area contributed by atoms with Gasteiger partial charge in [0.2, 0.25) is 11.2 Å². The third-order valence-electron chi connectivity index (χ3n) is 8.20. The SMILES string of the molecule is [2H]C1(c2cccc3c2ccc(-c2cc(C(C)(C)C)c4ccccc4c2C)[n+]3C)CCC(C)(C)CC1. The lowest BCUT2D eigenvalue weighted by Gasteiger charge is -2.34. The number of pyridine rings is 1. The van der Waals surface area contributed by atoms with Crippen LogP contribution in [-0.2, 0) is 12.5 Å². The van der Waals surface area contributed by atoms with Crippen LogP contribution >= 0.6 is 0 Å². The summed E-state index contributed by atoms with van der Waals surface area (Å²) in [5.41, 5.74) is 8.04. The normalized spacial score (nSPS) is 18.3. The van der Waals surface area contributed by atoms with Crippen molar-refractivity contribution in [3.8, 4) is 11.3 Å². The summed E-state index contributed by atoms with van der Waals surface area (Å²) >= 11 is 0. The van der Waals surface area contributed by atoms with Crippen LogP contribution in [-0.4, -0.2) is 0 Å². The molecule has 1 saturated carbocycles. The standard InChI is InChI=1S/C33H40N/c1-22-24-11-8-9-12-26(24)29(32(2,3)4)21-28(22)31-16-15-27-25(13-10-14-30(27)34(31)7)23-17-19-33(5,6)20-18-23/h8-16,21,23H,17-20H2,1-7H3/q+1/i23D. The zero-order valence-electron chi connectivity index (χ0n) is 23.0. The Morgan fingerprint density at radius 2 is 1.56 bits per heavy atom. The monoisotopic (exact) mass is 451 g/mol. The summed E-state index contributed by atoms with van der Waals surface area (Å²) in [5, 5.41) is 3.91. The van der Waals surface area contributed by atoms with E-state index in [-0.39, 0.29) is 5.41 Å². The van der Waals surface area contributed by atoms with Crippen LogP contribution in [0.4, 0.5) is 0 Å². The first-order valence-electron chi connectivity index (χ1n) is 13.4. The fraction of sp³-hybridized carbons (Fsp3) is 0.424. The molecule has 4 aromatic rings. The molecule has 0 atom stereocenters. The van der Waals surface area contributed by atoms with E-state index in [1.165, 1.54) is 49.6 Å². The Balaban J connectivity index is 1.70. The van der Waals surface area contributed by atoms with Gasteiger partial charge in [-0.3, -0.25) is 0 Å².